The Bertz CT molecular complexity index is 732. The molecular formula is C16H19N3O3. The molecule has 3 fully saturated rings. The van der Waals surface area contributed by atoms with E-state index in [1.54, 1.807) is 13.2 Å². The zero-order valence-corrected chi connectivity index (χ0v) is 12.5. The zero-order valence-electron chi connectivity index (χ0n) is 12.5. The molecule has 0 unspecified atom stereocenters. The van der Waals surface area contributed by atoms with Gasteiger partial charge in [0, 0.05) is 11.9 Å². The number of rotatable bonds is 3. The molecule has 0 aliphatic carbocycles. The van der Waals surface area contributed by atoms with Crippen molar-refractivity contribution in [2.45, 2.75) is 18.9 Å². The monoisotopic (exact) mass is 301 g/mol. The molecule has 116 valence electrons. The summed E-state index contributed by atoms with van der Waals surface area (Å²) in [6.45, 7) is 3.27. The number of carboxylic acids is 1. The zero-order chi connectivity index (χ0) is 15.3. The second kappa shape index (κ2) is 4.98. The summed E-state index contributed by atoms with van der Waals surface area (Å²) in [4.78, 5) is 14.0. The molecule has 3 aliphatic rings. The van der Waals surface area contributed by atoms with Gasteiger partial charge in [-0.05, 0) is 50.0 Å². The minimum absolute atomic E-state index is 0.116. The van der Waals surface area contributed by atoms with Crippen LogP contribution in [0.25, 0.3) is 10.9 Å². The van der Waals surface area contributed by atoms with Crippen LogP contribution in [0.15, 0.2) is 18.2 Å². The number of methoxy groups -OCH3 is 1. The van der Waals surface area contributed by atoms with E-state index >= 15 is 0 Å². The number of aromatic nitrogens is 2. The van der Waals surface area contributed by atoms with Gasteiger partial charge in [-0.2, -0.15) is 5.10 Å². The van der Waals surface area contributed by atoms with E-state index in [1.807, 2.05) is 16.8 Å². The number of nitrogens with zero attached hydrogens (tertiary/aromatic N) is 3. The van der Waals surface area contributed by atoms with E-state index in [0.29, 0.717) is 17.1 Å². The van der Waals surface area contributed by atoms with Gasteiger partial charge in [0.05, 0.1) is 18.7 Å². The Morgan fingerprint density at radius 3 is 2.73 bits per heavy atom. The molecule has 1 atom stereocenters. The number of carboxylic acid groups (broad SMARTS) is 1. The van der Waals surface area contributed by atoms with Gasteiger partial charge in [-0.1, -0.05) is 0 Å². The lowest BCUT2D eigenvalue weighted by Crippen LogP contribution is -2.48. The summed E-state index contributed by atoms with van der Waals surface area (Å²) in [5.41, 5.74) is 1.00. The normalized spacial score (nSPS) is 27.2. The minimum atomic E-state index is -0.988. The van der Waals surface area contributed by atoms with E-state index in [4.69, 9.17) is 4.74 Å². The van der Waals surface area contributed by atoms with Crippen molar-refractivity contribution in [1.82, 2.24) is 14.7 Å². The first-order valence-corrected chi connectivity index (χ1v) is 7.69. The van der Waals surface area contributed by atoms with Gasteiger partial charge in [-0.15, -0.1) is 0 Å². The van der Waals surface area contributed by atoms with Crippen molar-refractivity contribution in [1.29, 1.82) is 0 Å². The van der Waals surface area contributed by atoms with E-state index in [1.165, 1.54) is 12.8 Å². The highest BCUT2D eigenvalue weighted by Crippen LogP contribution is 2.38. The van der Waals surface area contributed by atoms with Gasteiger partial charge < -0.3 is 14.7 Å². The SMILES string of the molecule is COc1ccc2c(c1)c(C(=O)O)nn2[C@H]1CN2CCC1CC2. The largest absolute Gasteiger partial charge is 0.497 e. The molecule has 6 nitrogen and oxygen atoms in total. The van der Waals surface area contributed by atoms with E-state index in [9.17, 15) is 9.90 Å². The first-order chi connectivity index (χ1) is 10.7. The van der Waals surface area contributed by atoms with Crippen molar-refractivity contribution >= 4 is 16.9 Å². The van der Waals surface area contributed by atoms with Crippen molar-refractivity contribution < 1.29 is 14.6 Å². The van der Waals surface area contributed by atoms with Crippen molar-refractivity contribution in [3.8, 4) is 5.75 Å². The number of hydrogen-bond donors (Lipinski definition) is 1. The summed E-state index contributed by atoms with van der Waals surface area (Å²) in [5.74, 6) is 0.263. The molecule has 1 aromatic heterocycles. The van der Waals surface area contributed by atoms with Crippen molar-refractivity contribution in [2.75, 3.05) is 26.7 Å². The molecule has 4 heterocycles. The van der Waals surface area contributed by atoms with Crippen LogP contribution in [0.1, 0.15) is 29.4 Å². The molecule has 0 amide bonds. The second-order valence-corrected chi connectivity index (χ2v) is 6.19. The summed E-state index contributed by atoms with van der Waals surface area (Å²) >= 11 is 0. The molecule has 3 saturated heterocycles. The summed E-state index contributed by atoms with van der Waals surface area (Å²) in [6.07, 6.45) is 2.34. The van der Waals surface area contributed by atoms with Gasteiger partial charge in [-0.3, -0.25) is 4.68 Å². The van der Waals surface area contributed by atoms with Crippen LogP contribution < -0.4 is 4.74 Å². The Labute approximate surface area is 128 Å². The first kappa shape index (κ1) is 13.6. The Balaban J connectivity index is 1.85. The number of carbonyl (C=O) groups is 1. The number of ether oxygens (including phenoxy) is 1. The summed E-state index contributed by atoms with van der Waals surface area (Å²) in [7, 11) is 1.58. The van der Waals surface area contributed by atoms with Crippen LogP contribution in [0.2, 0.25) is 0 Å². The van der Waals surface area contributed by atoms with Crippen molar-refractivity contribution in [3.63, 3.8) is 0 Å². The fourth-order valence-corrected chi connectivity index (χ4v) is 3.87. The third kappa shape index (κ3) is 1.98. The molecule has 1 aromatic carbocycles. The number of hydrogen-bond acceptors (Lipinski definition) is 4. The van der Waals surface area contributed by atoms with Crippen LogP contribution in [-0.4, -0.2) is 52.5 Å². The fourth-order valence-electron chi connectivity index (χ4n) is 3.87. The van der Waals surface area contributed by atoms with E-state index in [-0.39, 0.29) is 11.7 Å². The molecule has 0 spiro atoms. The Morgan fingerprint density at radius 1 is 1.36 bits per heavy atom. The molecule has 2 aromatic rings. The highest BCUT2D eigenvalue weighted by Gasteiger charge is 2.37. The molecule has 0 radical (unpaired) electrons. The average molecular weight is 301 g/mol. The smallest absolute Gasteiger partial charge is 0.357 e. The van der Waals surface area contributed by atoms with Crippen LogP contribution in [0.5, 0.6) is 5.75 Å². The van der Waals surface area contributed by atoms with Gasteiger partial charge in [0.15, 0.2) is 5.69 Å². The lowest BCUT2D eigenvalue weighted by Gasteiger charge is -2.44. The predicted octanol–water partition coefficient (Wildman–Crippen LogP) is 2.01. The summed E-state index contributed by atoms with van der Waals surface area (Å²) in [6, 6.07) is 5.83. The lowest BCUT2D eigenvalue weighted by atomic mass is 9.84. The molecule has 3 aliphatic heterocycles. The number of piperidine rings is 3. The maximum atomic E-state index is 11.5. The topological polar surface area (TPSA) is 67.6 Å². The number of aromatic carboxylic acids is 1. The molecule has 1 N–H and O–H groups in total. The predicted molar refractivity (Wildman–Crippen MR) is 81.4 cm³/mol. The van der Waals surface area contributed by atoms with Crippen LogP contribution in [0.3, 0.4) is 0 Å². The highest BCUT2D eigenvalue weighted by molar-refractivity contribution is 6.01. The standard InChI is InChI=1S/C16H19N3O3/c1-22-11-2-3-13-12(8-11)15(16(20)21)17-19(13)14-9-18-6-4-10(14)5-7-18/h2-3,8,10,14H,4-7,9H2,1H3,(H,20,21)/t14-/m0/s1. The average Bonchev–Trinajstić information content (AvgIpc) is 2.94. The van der Waals surface area contributed by atoms with Crippen molar-refractivity contribution in [3.05, 3.63) is 23.9 Å². The number of benzene rings is 1. The van der Waals surface area contributed by atoms with Crippen molar-refractivity contribution in [2.24, 2.45) is 5.92 Å². The fraction of sp³-hybridized carbons (Fsp3) is 0.500. The Kier molecular flexibility index (Phi) is 3.07. The molecule has 2 bridgehead atoms. The van der Waals surface area contributed by atoms with Crippen LogP contribution >= 0.6 is 0 Å². The maximum absolute atomic E-state index is 11.5. The van der Waals surface area contributed by atoms with E-state index in [2.05, 4.69) is 10.00 Å². The maximum Gasteiger partial charge on any atom is 0.357 e. The van der Waals surface area contributed by atoms with Crippen LogP contribution in [0.4, 0.5) is 0 Å². The van der Waals surface area contributed by atoms with Crippen LogP contribution in [-0.2, 0) is 0 Å². The van der Waals surface area contributed by atoms with Gasteiger partial charge in [-0.25, -0.2) is 4.79 Å². The highest BCUT2D eigenvalue weighted by atomic mass is 16.5. The Hall–Kier alpha value is -2.08. The third-order valence-electron chi connectivity index (χ3n) is 5.05. The van der Waals surface area contributed by atoms with Gasteiger partial charge in [0.2, 0.25) is 0 Å². The summed E-state index contributed by atoms with van der Waals surface area (Å²) < 4.78 is 7.16. The van der Waals surface area contributed by atoms with E-state index < -0.39 is 5.97 Å². The Morgan fingerprint density at radius 2 is 2.14 bits per heavy atom. The van der Waals surface area contributed by atoms with Gasteiger partial charge in [0.1, 0.15) is 5.75 Å². The lowest BCUT2D eigenvalue weighted by molar-refractivity contribution is 0.0523. The van der Waals surface area contributed by atoms with E-state index in [0.717, 1.165) is 25.2 Å². The molecule has 22 heavy (non-hydrogen) atoms. The van der Waals surface area contributed by atoms with Gasteiger partial charge in [0.25, 0.3) is 0 Å². The minimum Gasteiger partial charge on any atom is -0.497 e. The van der Waals surface area contributed by atoms with Crippen LogP contribution in [0, 0.1) is 5.92 Å². The number of fused-ring (bicyclic) bond motifs is 4. The quantitative estimate of drug-likeness (QED) is 0.939. The second-order valence-electron chi connectivity index (χ2n) is 6.19. The molecule has 5 rings (SSSR count). The third-order valence-corrected chi connectivity index (χ3v) is 5.05. The molecule has 0 saturated carbocycles. The molecule has 6 heteroatoms. The summed E-state index contributed by atoms with van der Waals surface area (Å²) in [5, 5.41) is 14.6. The first-order valence-electron chi connectivity index (χ1n) is 7.69. The molecular weight excluding hydrogens is 282 g/mol. The van der Waals surface area contributed by atoms with Gasteiger partial charge >= 0.3 is 5.97 Å².